The quantitative estimate of drug-likeness (QED) is 0.830. The molecule has 24 heavy (non-hydrogen) atoms. The molecule has 1 aromatic heterocycles. The SMILES string of the molecule is CCN(CC)S(=O)(=O)c1cccc(C(=O)Nc2ccc(N)nc2)c1. The summed E-state index contributed by atoms with van der Waals surface area (Å²) in [5, 5.41) is 2.66. The van der Waals surface area contributed by atoms with Crippen LogP contribution in [0.4, 0.5) is 11.5 Å². The van der Waals surface area contributed by atoms with Crippen LogP contribution in [0, 0.1) is 0 Å². The van der Waals surface area contributed by atoms with E-state index < -0.39 is 15.9 Å². The normalized spacial score (nSPS) is 11.5. The number of nitrogens with zero attached hydrogens (tertiary/aromatic N) is 2. The Kier molecular flexibility index (Phi) is 5.53. The van der Waals surface area contributed by atoms with Crippen LogP contribution in [0.25, 0.3) is 0 Å². The van der Waals surface area contributed by atoms with Crippen molar-refractivity contribution in [1.82, 2.24) is 9.29 Å². The summed E-state index contributed by atoms with van der Waals surface area (Å²) in [6.07, 6.45) is 1.43. The minimum atomic E-state index is -3.61. The van der Waals surface area contributed by atoms with Gasteiger partial charge in [-0.05, 0) is 30.3 Å². The molecule has 0 fully saturated rings. The second kappa shape index (κ2) is 7.41. The number of nitrogen functional groups attached to an aromatic ring is 1. The predicted octanol–water partition coefficient (Wildman–Crippen LogP) is 1.95. The highest BCUT2D eigenvalue weighted by atomic mass is 32.2. The van der Waals surface area contributed by atoms with Gasteiger partial charge in [-0.15, -0.1) is 0 Å². The molecule has 1 aromatic carbocycles. The van der Waals surface area contributed by atoms with Crippen LogP contribution in [-0.4, -0.2) is 36.7 Å². The lowest BCUT2D eigenvalue weighted by Crippen LogP contribution is -2.30. The van der Waals surface area contributed by atoms with Crippen molar-refractivity contribution in [1.29, 1.82) is 0 Å². The fourth-order valence-corrected chi connectivity index (χ4v) is 3.70. The van der Waals surface area contributed by atoms with Crippen LogP contribution in [0.5, 0.6) is 0 Å². The van der Waals surface area contributed by atoms with Gasteiger partial charge in [-0.1, -0.05) is 19.9 Å². The Bertz CT molecular complexity index is 815. The second-order valence-corrected chi connectivity index (χ2v) is 6.98. The molecular weight excluding hydrogens is 328 g/mol. The third-order valence-corrected chi connectivity index (χ3v) is 5.53. The number of hydrogen-bond donors (Lipinski definition) is 2. The number of carbonyl (C=O) groups is 1. The third kappa shape index (κ3) is 3.90. The van der Waals surface area contributed by atoms with Gasteiger partial charge in [-0.25, -0.2) is 13.4 Å². The van der Waals surface area contributed by atoms with E-state index in [0.717, 1.165) is 0 Å². The zero-order chi connectivity index (χ0) is 17.7. The van der Waals surface area contributed by atoms with E-state index >= 15 is 0 Å². The molecule has 0 atom stereocenters. The Balaban J connectivity index is 2.26. The van der Waals surface area contributed by atoms with E-state index in [4.69, 9.17) is 5.73 Å². The van der Waals surface area contributed by atoms with Crippen molar-refractivity contribution in [2.24, 2.45) is 0 Å². The van der Waals surface area contributed by atoms with Gasteiger partial charge in [-0.3, -0.25) is 4.79 Å². The highest BCUT2D eigenvalue weighted by Crippen LogP contribution is 2.18. The van der Waals surface area contributed by atoms with Gasteiger partial charge in [0.15, 0.2) is 0 Å². The number of hydrogen-bond acceptors (Lipinski definition) is 5. The minimum absolute atomic E-state index is 0.0919. The average molecular weight is 348 g/mol. The van der Waals surface area contributed by atoms with E-state index in [1.165, 1.54) is 22.6 Å². The molecule has 2 aromatic rings. The summed E-state index contributed by atoms with van der Waals surface area (Å²) < 4.78 is 26.4. The van der Waals surface area contributed by atoms with E-state index in [-0.39, 0.29) is 10.5 Å². The number of sulfonamides is 1. The van der Waals surface area contributed by atoms with E-state index in [1.54, 1.807) is 38.1 Å². The first kappa shape index (κ1) is 17.9. The van der Waals surface area contributed by atoms with Gasteiger partial charge in [0.1, 0.15) is 5.82 Å². The molecule has 1 heterocycles. The van der Waals surface area contributed by atoms with Gasteiger partial charge >= 0.3 is 0 Å². The molecule has 0 unspecified atom stereocenters. The molecule has 0 spiro atoms. The Morgan fingerprint density at radius 1 is 1.21 bits per heavy atom. The van der Waals surface area contributed by atoms with Gasteiger partial charge < -0.3 is 11.1 Å². The first-order chi connectivity index (χ1) is 11.4. The second-order valence-electron chi connectivity index (χ2n) is 5.04. The molecule has 7 nitrogen and oxygen atoms in total. The van der Waals surface area contributed by atoms with Crippen molar-refractivity contribution in [2.45, 2.75) is 18.7 Å². The molecule has 8 heteroatoms. The zero-order valence-corrected chi connectivity index (χ0v) is 14.4. The molecule has 0 radical (unpaired) electrons. The molecule has 0 saturated heterocycles. The van der Waals surface area contributed by atoms with Crippen LogP contribution in [0.2, 0.25) is 0 Å². The van der Waals surface area contributed by atoms with Crippen LogP contribution in [0.3, 0.4) is 0 Å². The summed E-state index contributed by atoms with van der Waals surface area (Å²) in [5.74, 6) is -0.0709. The first-order valence-electron chi connectivity index (χ1n) is 7.51. The topological polar surface area (TPSA) is 105 Å². The number of anilines is 2. The van der Waals surface area contributed by atoms with Crippen molar-refractivity contribution < 1.29 is 13.2 Å². The Labute approximate surface area is 141 Å². The molecule has 128 valence electrons. The number of benzene rings is 1. The highest BCUT2D eigenvalue weighted by molar-refractivity contribution is 7.89. The maximum absolute atomic E-state index is 12.5. The smallest absolute Gasteiger partial charge is 0.255 e. The zero-order valence-electron chi connectivity index (χ0n) is 13.6. The summed E-state index contributed by atoms with van der Waals surface area (Å²) in [6.45, 7) is 4.27. The molecule has 3 N–H and O–H groups in total. The summed E-state index contributed by atoms with van der Waals surface area (Å²) >= 11 is 0. The standard InChI is InChI=1S/C16H20N4O3S/c1-3-20(4-2)24(22,23)14-7-5-6-12(10-14)16(21)19-13-8-9-15(17)18-11-13/h5-11H,3-4H2,1-2H3,(H2,17,18)(H,19,21). The highest BCUT2D eigenvalue weighted by Gasteiger charge is 2.22. The molecule has 0 aliphatic heterocycles. The summed E-state index contributed by atoms with van der Waals surface area (Å²) in [4.78, 5) is 16.3. The molecule has 0 aliphatic rings. The number of rotatable bonds is 6. The Morgan fingerprint density at radius 3 is 2.50 bits per heavy atom. The summed E-state index contributed by atoms with van der Waals surface area (Å²) in [5.41, 5.74) is 6.22. The first-order valence-corrected chi connectivity index (χ1v) is 8.95. The lowest BCUT2D eigenvalue weighted by Gasteiger charge is -2.18. The van der Waals surface area contributed by atoms with Crippen molar-refractivity contribution in [3.05, 3.63) is 48.2 Å². The fourth-order valence-electron chi connectivity index (χ4n) is 2.19. The molecule has 1 amide bonds. The molecule has 2 rings (SSSR count). The van der Waals surface area contributed by atoms with E-state index in [2.05, 4.69) is 10.3 Å². The Hall–Kier alpha value is -2.45. The molecular formula is C16H20N4O3S. The lowest BCUT2D eigenvalue weighted by molar-refractivity contribution is 0.102. The molecule has 0 aliphatic carbocycles. The van der Waals surface area contributed by atoms with Crippen LogP contribution in [-0.2, 0) is 10.0 Å². The van der Waals surface area contributed by atoms with Gasteiger partial charge in [0.2, 0.25) is 10.0 Å². The number of aromatic nitrogens is 1. The largest absolute Gasteiger partial charge is 0.384 e. The molecule has 0 bridgehead atoms. The minimum Gasteiger partial charge on any atom is -0.384 e. The lowest BCUT2D eigenvalue weighted by atomic mass is 10.2. The van der Waals surface area contributed by atoms with Crippen molar-refractivity contribution in [3.8, 4) is 0 Å². The maximum atomic E-state index is 12.5. The third-order valence-electron chi connectivity index (χ3n) is 3.48. The number of nitrogens with one attached hydrogen (secondary N) is 1. The Morgan fingerprint density at radius 2 is 1.92 bits per heavy atom. The van der Waals surface area contributed by atoms with Crippen LogP contribution >= 0.6 is 0 Å². The number of pyridine rings is 1. The van der Waals surface area contributed by atoms with Gasteiger partial charge in [0, 0.05) is 18.7 Å². The number of amides is 1. The predicted molar refractivity (Wildman–Crippen MR) is 93.2 cm³/mol. The van der Waals surface area contributed by atoms with Crippen molar-refractivity contribution in [3.63, 3.8) is 0 Å². The summed E-state index contributed by atoms with van der Waals surface area (Å²) in [6, 6.07) is 9.14. The number of carbonyl (C=O) groups excluding carboxylic acids is 1. The monoisotopic (exact) mass is 348 g/mol. The van der Waals surface area contributed by atoms with Crippen molar-refractivity contribution >= 4 is 27.4 Å². The molecule has 0 saturated carbocycles. The number of nitrogens with two attached hydrogens (primary N) is 1. The van der Waals surface area contributed by atoms with Crippen molar-refractivity contribution in [2.75, 3.05) is 24.1 Å². The van der Waals surface area contributed by atoms with Gasteiger partial charge in [-0.2, -0.15) is 4.31 Å². The van der Waals surface area contributed by atoms with Crippen LogP contribution < -0.4 is 11.1 Å². The summed E-state index contributed by atoms with van der Waals surface area (Å²) in [7, 11) is -3.61. The van der Waals surface area contributed by atoms with Crippen LogP contribution in [0.15, 0.2) is 47.5 Å². The van der Waals surface area contributed by atoms with E-state index in [0.29, 0.717) is 24.6 Å². The maximum Gasteiger partial charge on any atom is 0.255 e. The fraction of sp³-hybridized carbons (Fsp3) is 0.250. The van der Waals surface area contributed by atoms with Crippen LogP contribution in [0.1, 0.15) is 24.2 Å². The van der Waals surface area contributed by atoms with E-state index in [9.17, 15) is 13.2 Å². The van der Waals surface area contributed by atoms with Gasteiger partial charge in [0.25, 0.3) is 5.91 Å². The van der Waals surface area contributed by atoms with Gasteiger partial charge in [0.05, 0.1) is 16.8 Å². The average Bonchev–Trinajstić information content (AvgIpc) is 2.58. The van der Waals surface area contributed by atoms with E-state index in [1.807, 2.05) is 0 Å².